The molecular weight excluding hydrogens is 278 g/mol. The summed E-state index contributed by atoms with van der Waals surface area (Å²) >= 11 is 0. The van der Waals surface area contributed by atoms with Gasteiger partial charge in [-0.25, -0.2) is 9.97 Å². The smallest absolute Gasteiger partial charge is 0.122 e. The molecule has 6 nitrogen and oxygen atoms in total. The first-order valence-electron chi connectivity index (χ1n) is 8.09. The number of fused-ring (bicyclic) bond motifs is 1. The largest absolute Gasteiger partial charge is 0.375 e. The van der Waals surface area contributed by atoms with Gasteiger partial charge < -0.3 is 13.9 Å². The van der Waals surface area contributed by atoms with Gasteiger partial charge in [-0.05, 0) is 12.8 Å². The average Bonchev–Trinajstić information content (AvgIpc) is 3.24. The van der Waals surface area contributed by atoms with Gasteiger partial charge in [-0.3, -0.25) is 4.90 Å². The Kier molecular flexibility index (Phi) is 3.72. The van der Waals surface area contributed by atoms with Crippen LogP contribution in [-0.4, -0.2) is 49.3 Å². The second-order valence-corrected chi connectivity index (χ2v) is 6.42. The van der Waals surface area contributed by atoms with E-state index < -0.39 is 0 Å². The van der Waals surface area contributed by atoms with Crippen molar-refractivity contribution in [1.29, 1.82) is 0 Å². The molecule has 0 aromatic carbocycles. The van der Waals surface area contributed by atoms with Crippen molar-refractivity contribution in [2.24, 2.45) is 13.0 Å². The number of hydrogen-bond acceptors (Lipinski definition) is 4. The molecule has 0 radical (unpaired) electrons. The Labute approximate surface area is 130 Å². The molecule has 3 atom stereocenters. The van der Waals surface area contributed by atoms with Crippen LogP contribution in [0.5, 0.6) is 0 Å². The molecule has 6 heteroatoms. The van der Waals surface area contributed by atoms with Crippen molar-refractivity contribution < 1.29 is 4.74 Å². The minimum absolute atomic E-state index is 0.344. The van der Waals surface area contributed by atoms with Crippen LogP contribution in [-0.2, 0) is 24.9 Å². The summed E-state index contributed by atoms with van der Waals surface area (Å²) in [5.41, 5.74) is 0. The van der Waals surface area contributed by atoms with E-state index in [0.29, 0.717) is 18.1 Å². The second-order valence-electron chi connectivity index (χ2n) is 6.42. The highest BCUT2D eigenvalue weighted by molar-refractivity contribution is 4.98. The minimum Gasteiger partial charge on any atom is -0.375 e. The van der Waals surface area contributed by atoms with Gasteiger partial charge in [-0.15, -0.1) is 0 Å². The van der Waals surface area contributed by atoms with E-state index in [2.05, 4.69) is 31.0 Å². The molecule has 1 saturated carbocycles. The van der Waals surface area contributed by atoms with E-state index in [0.717, 1.165) is 32.1 Å². The Morgan fingerprint density at radius 2 is 2.23 bits per heavy atom. The van der Waals surface area contributed by atoms with E-state index in [1.807, 2.05) is 31.1 Å². The van der Waals surface area contributed by atoms with Crippen molar-refractivity contribution >= 4 is 0 Å². The van der Waals surface area contributed by atoms with Crippen LogP contribution in [0, 0.1) is 5.92 Å². The Morgan fingerprint density at radius 1 is 1.27 bits per heavy atom. The van der Waals surface area contributed by atoms with Crippen molar-refractivity contribution in [3.05, 3.63) is 36.9 Å². The maximum atomic E-state index is 6.14. The highest BCUT2D eigenvalue weighted by Crippen LogP contribution is 2.36. The van der Waals surface area contributed by atoms with Gasteiger partial charge in [-0.1, -0.05) is 0 Å². The molecule has 3 heterocycles. The van der Waals surface area contributed by atoms with Crippen molar-refractivity contribution in [2.75, 3.05) is 13.2 Å². The van der Waals surface area contributed by atoms with Crippen LogP contribution in [0.25, 0.3) is 0 Å². The van der Waals surface area contributed by atoms with Gasteiger partial charge in [0.1, 0.15) is 5.82 Å². The number of aryl methyl sites for hydroxylation is 1. The predicted molar refractivity (Wildman–Crippen MR) is 82.1 cm³/mol. The fourth-order valence-electron chi connectivity index (χ4n) is 3.92. The van der Waals surface area contributed by atoms with Gasteiger partial charge in [0.15, 0.2) is 0 Å². The summed E-state index contributed by atoms with van der Waals surface area (Å²) in [4.78, 5) is 11.2. The number of ether oxygens (including phenoxy) is 1. The summed E-state index contributed by atoms with van der Waals surface area (Å²) in [6.45, 7) is 3.76. The van der Waals surface area contributed by atoms with Crippen LogP contribution < -0.4 is 0 Å². The molecule has 0 spiro atoms. The monoisotopic (exact) mass is 301 g/mol. The third kappa shape index (κ3) is 2.57. The first kappa shape index (κ1) is 14.0. The summed E-state index contributed by atoms with van der Waals surface area (Å²) in [7, 11) is 2.07. The Hall–Kier alpha value is -1.66. The van der Waals surface area contributed by atoms with E-state index >= 15 is 0 Å². The van der Waals surface area contributed by atoms with Gasteiger partial charge in [0, 0.05) is 56.9 Å². The van der Waals surface area contributed by atoms with Crippen molar-refractivity contribution in [1.82, 2.24) is 24.0 Å². The second kappa shape index (κ2) is 5.85. The number of rotatable bonds is 4. The lowest BCUT2D eigenvalue weighted by atomic mass is 10.0. The minimum atomic E-state index is 0.344. The third-order valence-corrected chi connectivity index (χ3v) is 5.10. The molecule has 4 rings (SSSR count). The van der Waals surface area contributed by atoms with Gasteiger partial charge in [0.2, 0.25) is 0 Å². The number of nitrogens with zero attached hydrogens (tertiary/aromatic N) is 5. The number of hydrogen-bond donors (Lipinski definition) is 0. The molecular formula is C16H23N5O. The van der Waals surface area contributed by atoms with Crippen LogP contribution in [0.1, 0.15) is 18.7 Å². The summed E-state index contributed by atoms with van der Waals surface area (Å²) in [6, 6.07) is 0.527. The normalized spacial score (nSPS) is 28.9. The highest BCUT2D eigenvalue weighted by atomic mass is 16.5. The quantitative estimate of drug-likeness (QED) is 0.854. The molecule has 118 valence electrons. The Balaban J connectivity index is 1.45. The molecule has 3 unspecified atom stereocenters. The molecule has 2 aromatic heterocycles. The number of aromatic nitrogens is 4. The van der Waals surface area contributed by atoms with Crippen LogP contribution in [0.2, 0.25) is 0 Å². The lowest BCUT2D eigenvalue weighted by Crippen LogP contribution is -2.50. The maximum absolute atomic E-state index is 6.14. The first-order chi connectivity index (χ1) is 10.8. The SMILES string of the molecule is Cn1ccnc1CN1CCOC2C(Cn3ccnc3)CCC21. The Morgan fingerprint density at radius 3 is 3.00 bits per heavy atom. The fraction of sp³-hybridized carbons (Fsp3) is 0.625. The van der Waals surface area contributed by atoms with Gasteiger partial charge in [-0.2, -0.15) is 0 Å². The number of morpholine rings is 1. The van der Waals surface area contributed by atoms with Crippen molar-refractivity contribution in [3.8, 4) is 0 Å². The summed E-state index contributed by atoms with van der Waals surface area (Å²) in [5.74, 6) is 1.72. The lowest BCUT2D eigenvalue weighted by molar-refractivity contribution is -0.0794. The molecule has 2 aliphatic rings. The van der Waals surface area contributed by atoms with E-state index in [4.69, 9.17) is 4.74 Å². The summed E-state index contributed by atoms with van der Waals surface area (Å²) in [6.07, 6.45) is 12.5. The van der Waals surface area contributed by atoms with E-state index in [1.165, 1.54) is 12.8 Å². The topological polar surface area (TPSA) is 48.1 Å². The lowest BCUT2D eigenvalue weighted by Gasteiger charge is -2.39. The first-order valence-corrected chi connectivity index (χ1v) is 8.09. The number of imidazole rings is 2. The molecule has 0 bridgehead atoms. The third-order valence-electron chi connectivity index (χ3n) is 5.10. The standard InChI is InChI=1S/C16H23N5O/c1-19-6-5-18-15(19)11-21-8-9-22-16-13(2-3-14(16)21)10-20-7-4-17-12-20/h4-7,12-14,16H,2-3,8-11H2,1H3. The zero-order chi connectivity index (χ0) is 14.9. The van der Waals surface area contributed by atoms with Crippen molar-refractivity contribution in [2.45, 2.75) is 38.1 Å². The molecule has 1 saturated heterocycles. The van der Waals surface area contributed by atoms with E-state index in [9.17, 15) is 0 Å². The van der Waals surface area contributed by atoms with E-state index in [1.54, 1.807) is 0 Å². The molecule has 1 aliphatic carbocycles. The summed E-state index contributed by atoms with van der Waals surface area (Å²) in [5, 5.41) is 0. The molecule has 0 amide bonds. The molecule has 2 fully saturated rings. The van der Waals surface area contributed by atoms with E-state index in [-0.39, 0.29) is 0 Å². The van der Waals surface area contributed by atoms with Gasteiger partial charge >= 0.3 is 0 Å². The van der Waals surface area contributed by atoms with Crippen molar-refractivity contribution in [3.63, 3.8) is 0 Å². The molecule has 2 aromatic rings. The fourth-order valence-corrected chi connectivity index (χ4v) is 3.92. The maximum Gasteiger partial charge on any atom is 0.122 e. The molecule has 1 aliphatic heterocycles. The molecule has 22 heavy (non-hydrogen) atoms. The average molecular weight is 301 g/mol. The van der Waals surface area contributed by atoms with Gasteiger partial charge in [0.25, 0.3) is 0 Å². The van der Waals surface area contributed by atoms with Crippen LogP contribution in [0.4, 0.5) is 0 Å². The van der Waals surface area contributed by atoms with Crippen LogP contribution in [0.3, 0.4) is 0 Å². The summed E-state index contributed by atoms with van der Waals surface area (Å²) < 4.78 is 10.4. The zero-order valence-corrected chi connectivity index (χ0v) is 13.0. The molecule has 0 N–H and O–H groups in total. The van der Waals surface area contributed by atoms with Gasteiger partial charge in [0.05, 0.1) is 25.6 Å². The highest BCUT2D eigenvalue weighted by Gasteiger charge is 2.42. The zero-order valence-electron chi connectivity index (χ0n) is 13.0. The Bertz CT molecular complexity index is 608. The predicted octanol–water partition coefficient (Wildman–Crippen LogP) is 1.30. The van der Waals surface area contributed by atoms with Crippen LogP contribution in [0.15, 0.2) is 31.1 Å². The van der Waals surface area contributed by atoms with Crippen LogP contribution >= 0.6 is 0 Å².